The number of carbonyl (C=O) groups is 1. The van der Waals surface area contributed by atoms with Crippen molar-refractivity contribution >= 4 is 29.9 Å². The van der Waals surface area contributed by atoms with Gasteiger partial charge in [-0.05, 0) is 36.1 Å². The van der Waals surface area contributed by atoms with Crippen LogP contribution in [0, 0.1) is 5.41 Å². The van der Waals surface area contributed by atoms with E-state index in [2.05, 4.69) is 0 Å². The molecule has 1 rings (SSSR count). The minimum Gasteiger partial charge on any atom is -0.494 e. The minimum absolute atomic E-state index is 0. The Hall–Kier alpha value is -0.970. The Bertz CT molecular complexity index is 458. The molecule has 0 saturated heterocycles. The van der Waals surface area contributed by atoms with E-state index in [0.717, 1.165) is 12.2 Å². The third-order valence-corrected chi connectivity index (χ3v) is 3.55. The number of halogens is 2. The zero-order chi connectivity index (χ0) is 16.0. The molecule has 0 heterocycles. The third kappa shape index (κ3) is 6.86. The van der Waals surface area contributed by atoms with Crippen molar-refractivity contribution in [2.45, 2.75) is 33.2 Å². The Labute approximate surface area is 144 Å². The van der Waals surface area contributed by atoms with Crippen LogP contribution in [0.5, 0.6) is 5.75 Å². The molecule has 0 spiro atoms. The van der Waals surface area contributed by atoms with Gasteiger partial charge in [0.25, 0.3) is 0 Å². The molecule has 0 unspecified atom stereocenters. The Morgan fingerprint density at radius 3 is 2.36 bits per heavy atom. The number of rotatable bonds is 6. The highest BCUT2D eigenvalue weighted by molar-refractivity contribution is 6.30. The first kappa shape index (κ1) is 21.0. The number of hydrogen-bond donors (Lipinski definition) is 1. The van der Waals surface area contributed by atoms with Gasteiger partial charge in [-0.1, -0.05) is 32.4 Å². The summed E-state index contributed by atoms with van der Waals surface area (Å²) in [5.41, 5.74) is 5.74. The van der Waals surface area contributed by atoms with Crippen molar-refractivity contribution in [3.05, 3.63) is 29.3 Å². The number of nitrogens with two attached hydrogens (primary N) is 1. The van der Waals surface area contributed by atoms with E-state index in [1.807, 2.05) is 32.9 Å². The molecular formula is C16H26Cl2N2O2. The molecule has 4 nitrogen and oxygen atoms in total. The lowest BCUT2D eigenvalue weighted by Crippen LogP contribution is -2.49. The topological polar surface area (TPSA) is 55.6 Å². The third-order valence-electron chi connectivity index (χ3n) is 3.30. The maximum atomic E-state index is 12.1. The molecule has 1 aromatic rings. The molecule has 0 fully saturated rings. The molecule has 0 aliphatic rings. The van der Waals surface area contributed by atoms with Gasteiger partial charge in [0, 0.05) is 18.6 Å². The molecule has 22 heavy (non-hydrogen) atoms. The van der Waals surface area contributed by atoms with Gasteiger partial charge in [-0.2, -0.15) is 0 Å². The Morgan fingerprint density at radius 1 is 1.32 bits per heavy atom. The fourth-order valence-electron chi connectivity index (χ4n) is 1.74. The van der Waals surface area contributed by atoms with Gasteiger partial charge in [0.2, 0.25) is 5.91 Å². The number of carbonyl (C=O) groups excluding carboxylic acids is 1. The summed E-state index contributed by atoms with van der Waals surface area (Å²) in [4.78, 5) is 13.8. The maximum absolute atomic E-state index is 12.1. The Kier molecular flexibility index (Phi) is 8.83. The fourth-order valence-corrected chi connectivity index (χ4v) is 1.87. The number of amides is 1. The van der Waals surface area contributed by atoms with Crippen LogP contribution < -0.4 is 10.5 Å². The quantitative estimate of drug-likeness (QED) is 0.801. The van der Waals surface area contributed by atoms with Gasteiger partial charge in [-0.15, -0.1) is 12.4 Å². The van der Waals surface area contributed by atoms with Gasteiger partial charge in [0.1, 0.15) is 5.75 Å². The second-order valence-corrected chi connectivity index (χ2v) is 6.70. The van der Waals surface area contributed by atoms with Crippen LogP contribution in [0.1, 0.15) is 27.2 Å². The normalized spacial score (nSPS) is 12.3. The molecule has 0 radical (unpaired) electrons. The first-order valence-electron chi connectivity index (χ1n) is 7.11. The molecule has 0 aliphatic carbocycles. The lowest BCUT2D eigenvalue weighted by atomic mass is 9.86. The van der Waals surface area contributed by atoms with Crippen LogP contribution in [0.3, 0.4) is 0 Å². The van der Waals surface area contributed by atoms with Crippen molar-refractivity contribution in [3.8, 4) is 5.75 Å². The van der Waals surface area contributed by atoms with Crippen molar-refractivity contribution in [3.63, 3.8) is 0 Å². The van der Waals surface area contributed by atoms with Gasteiger partial charge in [-0.25, -0.2) is 0 Å². The average Bonchev–Trinajstić information content (AvgIpc) is 2.42. The Balaban J connectivity index is 0.00000441. The lowest BCUT2D eigenvalue weighted by Gasteiger charge is -2.30. The summed E-state index contributed by atoms with van der Waals surface area (Å²) >= 11 is 5.80. The van der Waals surface area contributed by atoms with Crippen molar-refractivity contribution in [2.75, 3.05) is 20.2 Å². The van der Waals surface area contributed by atoms with Crippen LogP contribution in [0.4, 0.5) is 0 Å². The van der Waals surface area contributed by atoms with Crippen molar-refractivity contribution < 1.29 is 9.53 Å². The Morgan fingerprint density at radius 2 is 1.86 bits per heavy atom. The van der Waals surface area contributed by atoms with E-state index >= 15 is 0 Å². The smallest absolute Gasteiger partial charge is 0.239 e. The molecule has 1 amide bonds. The van der Waals surface area contributed by atoms with E-state index < -0.39 is 6.04 Å². The van der Waals surface area contributed by atoms with Crippen LogP contribution in [-0.4, -0.2) is 37.0 Å². The predicted molar refractivity (Wildman–Crippen MR) is 93.9 cm³/mol. The average molecular weight is 349 g/mol. The lowest BCUT2D eigenvalue weighted by molar-refractivity contribution is -0.133. The van der Waals surface area contributed by atoms with E-state index in [-0.39, 0.29) is 23.7 Å². The van der Waals surface area contributed by atoms with Crippen LogP contribution >= 0.6 is 24.0 Å². The molecule has 126 valence electrons. The number of ether oxygens (including phenoxy) is 1. The molecule has 0 aliphatic heterocycles. The highest BCUT2D eigenvalue weighted by Gasteiger charge is 2.29. The highest BCUT2D eigenvalue weighted by atomic mass is 35.5. The molecule has 6 heteroatoms. The van der Waals surface area contributed by atoms with Crippen LogP contribution in [0.25, 0.3) is 0 Å². The zero-order valence-corrected chi connectivity index (χ0v) is 15.2. The largest absolute Gasteiger partial charge is 0.494 e. The van der Waals surface area contributed by atoms with E-state index in [1.54, 1.807) is 24.1 Å². The summed E-state index contributed by atoms with van der Waals surface area (Å²) in [6.07, 6.45) is 0.752. The number of likely N-dealkylation sites (N-methyl/N-ethyl adjacent to an activating group) is 1. The summed E-state index contributed by atoms with van der Waals surface area (Å²) in [6, 6.07) is 6.74. The van der Waals surface area contributed by atoms with Crippen LogP contribution in [0.2, 0.25) is 5.02 Å². The maximum Gasteiger partial charge on any atom is 0.239 e. The van der Waals surface area contributed by atoms with Gasteiger partial charge in [-0.3, -0.25) is 4.79 Å². The molecule has 1 aromatic carbocycles. The van der Waals surface area contributed by atoms with Crippen molar-refractivity contribution in [1.82, 2.24) is 4.90 Å². The molecular weight excluding hydrogens is 323 g/mol. The van der Waals surface area contributed by atoms with Crippen LogP contribution in [0.15, 0.2) is 24.3 Å². The highest BCUT2D eigenvalue weighted by Crippen LogP contribution is 2.19. The SMILES string of the molecule is CN(CCCOc1ccc(Cl)cc1)C(=O)[C@@H](N)C(C)(C)C.Cl. The summed E-state index contributed by atoms with van der Waals surface area (Å²) in [7, 11) is 1.77. The minimum atomic E-state index is -0.486. The zero-order valence-electron chi connectivity index (χ0n) is 13.6. The van der Waals surface area contributed by atoms with Gasteiger partial charge >= 0.3 is 0 Å². The number of benzene rings is 1. The standard InChI is InChI=1S/C16H25ClN2O2.ClH/c1-16(2,3)14(18)15(20)19(4)10-5-11-21-13-8-6-12(17)7-9-13;/h6-9,14H,5,10-11,18H2,1-4H3;1H/t14-;/m1./s1. The second kappa shape index (κ2) is 9.23. The van der Waals surface area contributed by atoms with Gasteiger partial charge in [0.15, 0.2) is 0 Å². The van der Waals surface area contributed by atoms with Gasteiger partial charge < -0.3 is 15.4 Å². The summed E-state index contributed by atoms with van der Waals surface area (Å²) in [5.74, 6) is 0.744. The molecule has 1 atom stereocenters. The number of hydrogen-bond acceptors (Lipinski definition) is 3. The monoisotopic (exact) mass is 348 g/mol. The molecule has 2 N–H and O–H groups in total. The van der Waals surface area contributed by atoms with Gasteiger partial charge in [0.05, 0.1) is 12.6 Å². The van der Waals surface area contributed by atoms with Crippen molar-refractivity contribution in [1.29, 1.82) is 0 Å². The molecule has 0 saturated carbocycles. The van der Waals surface area contributed by atoms with E-state index in [9.17, 15) is 4.79 Å². The predicted octanol–water partition coefficient (Wildman–Crippen LogP) is 3.36. The molecule has 0 bridgehead atoms. The van der Waals surface area contributed by atoms with Crippen molar-refractivity contribution in [2.24, 2.45) is 11.1 Å². The first-order chi connectivity index (χ1) is 9.71. The summed E-state index contributed by atoms with van der Waals surface area (Å²) in [6.45, 7) is 7.06. The first-order valence-corrected chi connectivity index (χ1v) is 7.48. The number of nitrogens with zero attached hydrogens (tertiary/aromatic N) is 1. The van der Waals surface area contributed by atoms with E-state index in [4.69, 9.17) is 22.1 Å². The summed E-state index contributed by atoms with van der Waals surface area (Å²) in [5, 5.41) is 0.684. The van der Waals surface area contributed by atoms with E-state index in [0.29, 0.717) is 18.2 Å². The van der Waals surface area contributed by atoms with Crippen LogP contribution in [-0.2, 0) is 4.79 Å². The summed E-state index contributed by atoms with van der Waals surface area (Å²) < 4.78 is 5.59. The fraction of sp³-hybridized carbons (Fsp3) is 0.562. The molecule has 0 aromatic heterocycles. The second-order valence-electron chi connectivity index (χ2n) is 6.26. The van der Waals surface area contributed by atoms with E-state index in [1.165, 1.54) is 0 Å².